The van der Waals surface area contributed by atoms with Crippen molar-refractivity contribution in [2.45, 2.75) is 31.4 Å². The number of rotatable bonds is 5. The Morgan fingerprint density at radius 2 is 2.26 bits per heavy atom. The zero-order valence-corrected chi connectivity index (χ0v) is 11.3. The predicted molar refractivity (Wildman–Crippen MR) is 66.6 cm³/mol. The number of imidazole rings is 1. The zero-order valence-electron chi connectivity index (χ0n) is 10.5. The molecule has 0 aliphatic rings. The van der Waals surface area contributed by atoms with E-state index in [9.17, 15) is 8.42 Å². The smallest absolute Gasteiger partial charge is 0.244 e. The summed E-state index contributed by atoms with van der Waals surface area (Å²) >= 11 is 0. The number of aromatic amines is 2. The normalized spacial score (nSPS) is 13.6. The molecular formula is C10H15N5O3S. The van der Waals surface area contributed by atoms with E-state index < -0.39 is 22.7 Å². The highest BCUT2D eigenvalue weighted by Gasteiger charge is 2.26. The molecule has 0 aliphatic heterocycles. The van der Waals surface area contributed by atoms with Crippen LogP contribution in [-0.4, -0.2) is 33.7 Å². The third kappa shape index (κ3) is 2.67. The van der Waals surface area contributed by atoms with Gasteiger partial charge in [-0.3, -0.25) is 5.10 Å². The molecule has 0 fully saturated rings. The molecule has 2 rings (SSSR count). The van der Waals surface area contributed by atoms with Crippen LogP contribution in [0.4, 0.5) is 0 Å². The molecule has 0 aliphatic carbocycles. The molecule has 9 heteroatoms. The van der Waals surface area contributed by atoms with E-state index in [2.05, 4.69) is 24.9 Å². The fourth-order valence-corrected chi connectivity index (χ4v) is 3.36. The predicted octanol–water partition coefficient (Wildman–Crippen LogP) is -0.0270. The molecule has 2 aromatic rings. The minimum atomic E-state index is -3.78. The van der Waals surface area contributed by atoms with Crippen LogP contribution >= 0.6 is 0 Å². The first-order valence-electron chi connectivity index (χ1n) is 5.62. The van der Waals surface area contributed by atoms with Gasteiger partial charge in [0.05, 0.1) is 18.3 Å². The SMILES string of the molecule is Cc1[nH]nc(CO)c1S(=O)(=O)NC(C)c1ncc[nH]1. The number of aromatic nitrogens is 4. The van der Waals surface area contributed by atoms with E-state index in [0.717, 1.165) is 0 Å². The third-order valence-electron chi connectivity index (χ3n) is 2.64. The summed E-state index contributed by atoms with van der Waals surface area (Å²) in [7, 11) is -3.78. The van der Waals surface area contributed by atoms with Gasteiger partial charge in [-0.15, -0.1) is 0 Å². The maximum Gasteiger partial charge on any atom is 0.244 e. The number of aryl methyl sites for hydroxylation is 1. The van der Waals surface area contributed by atoms with Gasteiger partial charge in [-0.2, -0.15) is 5.10 Å². The molecule has 104 valence electrons. The van der Waals surface area contributed by atoms with Crippen LogP contribution in [0.3, 0.4) is 0 Å². The molecular weight excluding hydrogens is 270 g/mol. The van der Waals surface area contributed by atoms with Crippen LogP contribution in [0.25, 0.3) is 0 Å². The van der Waals surface area contributed by atoms with Crippen molar-refractivity contribution in [1.82, 2.24) is 24.9 Å². The lowest BCUT2D eigenvalue weighted by Crippen LogP contribution is -2.28. The molecule has 8 nitrogen and oxygen atoms in total. The number of nitrogens with zero attached hydrogens (tertiary/aromatic N) is 2. The lowest BCUT2D eigenvalue weighted by Gasteiger charge is -2.12. The molecule has 4 N–H and O–H groups in total. The first-order valence-corrected chi connectivity index (χ1v) is 7.10. The van der Waals surface area contributed by atoms with Gasteiger partial charge in [0.25, 0.3) is 0 Å². The number of aliphatic hydroxyl groups excluding tert-OH is 1. The maximum atomic E-state index is 12.3. The Kier molecular flexibility index (Phi) is 3.69. The van der Waals surface area contributed by atoms with E-state index in [1.54, 1.807) is 26.2 Å². The highest BCUT2D eigenvalue weighted by Crippen LogP contribution is 2.20. The average molecular weight is 285 g/mol. The fraction of sp³-hybridized carbons (Fsp3) is 0.400. The molecule has 0 radical (unpaired) electrons. The molecule has 0 saturated carbocycles. The fourth-order valence-electron chi connectivity index (χ4n) is 1.79. The van der Waals surface area contributed by atoms with Gasteiger partial charge in [-0.1, -0.05) is 0 Å². The number of nitrogens with one attached hydrogen (secondary N) is 3. The van der Waals surface area contributed by atoms with Gasteiger partial charge < -0.3 is 10.1 Å². The molecule has 1 unspecified atom stereocenters. The topological polar surface area (TPSA) is 124 Å². The van der Waals surface area contributed by atoms with Gasteiger partial charge in [0.2, 0.25) is 10.0 Å². The van der Waals surface area contributed by atoms with Gasteiger partial charge in [0.15, 0.2) is 0 Å². The third-order valence-corrected chi connectivity index (χ3v) is 4.38. The molecule has 19 heavy (non-hydrogen) atoms. The Bertz CT molecular complexity index is 647. The summed E-state index contributed by atoms with van der Waals surface area (Å²) in [6, 6.07) is -0.513. The van der Waals surface area contributed by atoms with Gasteiger partial charge in [0, 0.05) is 12.4 Å². The highest BCUT2D eigenvalue weighted by atomic mass is 32.2. The molecule has 0 spiro atoms. The Morgan fingerprint density at radius 3 is 2.84 bits per heavy atom. The Labute approximate surface area is 110 Å². The van der Waals surface area contributed by atoms with Gasteiger partial charge in [-0.05, 0) is 13.8 Å². The first-order chi connectivity index (χ1) is 8.95. The molecule has 2 aromatic heterocycles. The standard InChI is InChI=1S/C10H15N5O3S/c1-6-9(8(5-16)14-13-6)19(17,18)15-7(2)10-11-3-4-12-10/h3-4,7,15-16H,5H2,1-2H3,(H,11,12)(H,13,14). The number of H-pyrrole nitrogens is 2. The lowest BCUT2D eigenvalue weighted by atomic mass is 10.3. The summed E-state index contributed by atoms with van der Waals surface area (Å²) in [5.74, 6) is 0.510. The molecule has 0 bridgehead atoms. The minimum absolute atomic E-state index is 0.0200. The van der Waals surface area contributed by atoms with Crippen LogP contribution in [0.15, 0.2) is 17.3 Å². The first kappa shape index (κ1) is 13.7. The Balaban J connectivity index is 2.30. The second kappa shape index (κ2) is 5.11. The molecule has 2 heterocycles. The van der Waals surface area contributed by atoms with Crippen molar-refractivity contribution in [2.24, 2.45) is 0 Å². The van der Waals surface area contributed by atoms with Gasteiger partial charge >= 0.3 is 0 Å². The van der Waals surface area contributed by atoms with Crippen LogP contribution in [0, 0.1) is 6.92 Å². The summed E-state index contributed by atoms with van der Waals surface area (Å²) in [6.07, 6.45) is 3.16. The molecule has 0 aromatic carbocycles. The minimum Gasteiger partial charge on any atom is -0.390 e. The Hall–Kier alpha value is -1.71. The van der Waals surface area contributed by atoms with Crippen molar-refractivity contribution >= 4 is 10.0 Å². The average Bonchev–Trinajstić information content (AvgIpc) is 2.96. The monoisotopic (exact) mass is 285 g/mol. The quantitative estimate of drug-likeness (QED) is 0.614. The van der Waals surface area contributed by atoms with Crippen LogP contribution in [0.1, 0.15) is 30.2 Å². The van der Waals surface area contributed by atoms with Crippen molar-refractivity contribution in [3.05, 3.63) is 29.6 Å². The summed E-state index contributed by atoms with van der Waals surface area (Å²) < 4.78 is 27.0. The van der Waals surface area contributed by atoms with Gasteiger partial charge in [0.1, 0.15) is 16.4 Å². The van der Waals surface area contributed by atoms with Crippen molar-refractivity contribution < 1.29 is 13.5 Å². The van der Waals surface area contributed by atoms with Crippen molar-refractivity contribution in [2.75, 3.05) is 0 Å². The summed E-state index contributed by atoms with van der Waals surface area (Å²) in [5, 5.41) is 15.4. The summed E-state index contributed by atoms with van der Waals surface area (Å²) in [5.41, 5.74) is 0.472. The molecule has 0 amide bonds. The van der Waals surface area contributed by atoms with E-state index in [0.29, 0.717) is 11.5 Å². The van der Waals surface area contributed by atoms with E-state index >= 15 is 0 Å². The van der Waals surface area contributed by atoms with E-state index in [1.807, 2.05) is 0 Å². The lowest BCUT2D eigenvalue weighted by molar-refractivity contribution is 0.273. The number of hydrogen-bond donors (Lipinski definition) is 4. The van der Waals surface area contributed by atoms with Crippen LogP contribution in [0.5, 0.6) is 0 Å². The molecule has 1 atom stereocenters. The Morgan fingerprint density at radius 1 is 1.53 bits per heavy atom. The van der Waals surface area contributed by atoms with Crippen molar-refractivity contribution in [3.63, 3.8) is 0 Å². The largest absolute Gasteiger partial charge is 0.390 e. The van der Waals surface area contributed by atoms with E-state index in [4.69, 9.17) is 5.11 Å². The number of hydrogen-bond acceptors (Lipinski definition) is 5. The second-order valence-electron chi connectivity index (χ2n) is 4.10. The summed E-state index contributed by atoms with van der Waals surface area (Å²) in [4.78, 5) is 6.81. The van der Waals surface area contributed by atoms with Crippen LogP contribution < -0.4 is 4.72 Å². The number of aliphatic hydroxyl groups is 1. The van der Waals surface area contributed by atoms with Crippen molar-refractivity contribution in [3.8, 4) is 0 Å². The number of sulfonamides is 1. The van der Waals surface area contributed by atoms with E-state index in [-0.39, 0.29) is 10.6 Å². The summed E-state index contributed by atoms with van der Waals surface area (Å²) in [6.45, 7) is 2.80. The zero-order chi connectivity index (χ0) is 14.0. The maximum absolute atomic E-state index is 12.3. The van der Waals surface area contributed by atoms with E-state index in [1.165, 1.54) is 0 Å². The highest BCUT2D eigenvalue weighted by molar-refractivity contribution is 7.89. The molecule has 0 saturated heterocycles. The second-order valence-corrected chi connectivity index (χ2v) is 5.75. The van der Waals surface area contributed by atoms with Crippen molar-refractivity contribution in [1.29, 1.82) is 0 Å². The van der Waals surface area contributed by atoms with Crippen LogP contribution in [-0.2, 0) is 16.6 Å². The van der Waals surface area contributed by atoms with Crippen LogP contribution in [0.2, 0.25) is 0 Å². The van der Waals surface area contributed by atoms with Gasteiger partial charge in [-0.25, -0.2) is 18.1 Å².